The van der Waals surface area contributed by atoms with Gasteiger partial charge in [0.25, 0.3) is 0 Å². The molecule has 2 heteroatoms. The van der Waals surface area contributed by atoms with E-state index in [2.05, 4.69) is 102 Å². The van der Waals surface area contributed by atoms with E-state index in [-0.39, 0.29) is 0 Å². The molecule has 1 heterocycles. The highest BCUT2D eigenvalue weighted by Gasteiger charge is 2.16. The number of para-hydroxylation sites is 1. The van der Waals surface area contributed by atoms with E-state index in [4.69, 9.17) is 0 Å². The van der Waals surface area contributed by atoms with E-state index >= 15 is 0 Å². The molecule has 0 saturated heterocycles. The molecule has 0 atom stereocenters. The van der Waals surface area contributed by atoms with Crippen LogP contribution in [0.2, 0.25) is 0 Å². The summed E-state index contributed by atoms with van der Waals surface area (Å²) in [7, 11) is 0. The molecule has 0 aliphatic carbocycles. The average Bonchev–Trinajstić information content (AvgIpc) is 3.22. The molecule has 0 saturated carbocycles. The Kier molecular flexibility index (Phi) is 4.75. The van der Waals surface area contributed by atoms with Gasteiger partial charge in [0.1, 0.15) is 6.07 Å². The van der Waals surface area contributed by atoms with Gasteiger partial charge in [0, 0.05) is 10.8 Å². The molecule has 0 fully saturated rings. The number of hydrogen-bond donors (Lipinski definition) is 0. The number of hydrogen-bond acceptors (Lipinski definition) is 1. The van der Waals surface area contributed by atoms with Gasteiger partial charge < -0.3 is 4.57 Å². The van der Waals surface area contributed by atoms with E-state index in [1.165, 1.54) is 38.6 Å². The molecule has 34 heavy (non-hydrogen) atoms. The van der Waals surface area contributed by atoms with Gasteiger partial charge >= 0.3 is 0 Å². The van der Waals surface area contributed by atoms with E-state index in [1.54, 1.807) is 0 Å². The fraction of sp³-hybridized carbons (Fsp3) is 0.0312. The smallest absolute Gasteiger partial charge is 0.101 e. The summed E-state index contributed by atoms with van der Waals surface area (Å²) in [6, 6.07) is 42.5. The first-order valence-corrected chi connectivity index (χ1v) is 11.4. The van der Waals surface area contributed by atoms with Gasteiger partial charge in [-0.2, -0.15) is 5.26 Å². The molecular weight excluding hydrogens is 412 g/mol. The van der Waals surface area contributed by atoms with Crippen LogP contribution in [0.5, 0.6) is 0 Å². The number of aryl methyl sites for hydroxylation is 1. The summed E-state index contributed by atoms with van der Waals surface area (Å²) in [4.78, 5) is 0. The molecule has 0 aliphatic heterocycles. The first kappa shape index (κ1) is 20.0. The average molecular weight is 435 g/mol. The first-order valence-electron chi connectivity index (χ1n) is 11.4. The van der Waals surface area contributed by atoms with Gasteiger partial charge in [0.2, 0.25) is 0 Å². The molecule has 2 nitrogen and oxygen atoms in total. The van der Waals surface area contributed by atoms with Crippen molar-refractivity contribution in [2.75, 3.05) is 0 Å². The molecule has 0 bridgehead atoms. The minimum atomic E-state index is 0.663. The Balaban J connectivity index is 1.69. The maximum atomic E-state index is 9.81. The lowest BCUT2D eigenvalue weighted by Crippen LogP contribution is -1.97. The summed E-state index contributed by atoms with van der Waals surface area (Å²) in [5, 5.41) is 12.2. The van der Waals surface area contributed by atoms with Crippen LogP contribution in [0.15, 0.2) is 115 Å². The molecule has 5 aromatic carbocycles. The molecule has 160 valence electrons. The lowest BCUT2D eigenvalue weighted by molar-refractivity contribution is 1.17. The van der Waals surface area contributed by atoms with Crippen molar-refractivity contribution in [1.82, 2.24) is 4.57 Å². The third-order valence-corrected chi connectivity index (χ3v) is 6.49. The number of nitrogens with zero attached hydrogens (tertiary/aromatic N) is 2. The Labute approximate surface area is 199 Å². The second kappa shape index (κ2) is 8.06. The largest absolute Gasteiger partial charge is 0.308 e. The Bertz CT molecular complexity index is 1720. The topological polar surface area (TPSA) is 28.7 Å². The van der Waals surface area contributed by atoms with E-state index < -0.39 is 0 Å². The van der Waals surface area contributed by atoms with E-state index in [9.17, 15) is 5.26 Å². The molecule has 0 unspecified atom stereocenters. The molecule has 0 radical (unpaired) electrons. The zero-order valence-corrected chi connectivity index (χ0v) is 18.9. The summed E-state index contributed by atoms with van der Waals surface area (Å²) in [5.74, 6) is 0. The Morgan fingerprint density at radius 2 is 1.15 bits per heavy atom. The highest BCUT2D eigenvalue weighted by molar-refractivity contribution is 6.11. The van der Waals surface area contributed by atoms with Crippen LogP contribution in [-0.4, -0.2) is 4.57 Å². The quantitative estimate of drug-likeness (QED) is 0.275. The lowest BCUT2D eigenvalue weighted by atomic mass is 9.99. The lowest BCUT2D eigenvalue weighted by Gasteiger charge is -2.10. The summed E-state index contributed by atoms with van der Waals surface area (Å²) >= 11 is 0. The fourth-order valence-corrected chi connectivity index (χ4v) is 4.86. The Hall–Kier alpha value is -4.61. The molecule has 0 aliphatic rings. The maximum absolute atomic E-state index is 9.81. The summed E-state index contributed by atoms with van der Waals surface area (Å²) in [6.45, 7) is 2.12. The van der Waals surface area contributed by atoms with Gasteiger partial charge in [0.05, 0.1) is 22.3 Å². The van der Waals surface area contributed by atoms with Crippen molar-refractivity contribution in [2.24, 2.45) is 0 Å². The van der Waals surface area contributed by atoms with E-state index in [1.807, 2.05) is 30.3 Å². The zero-order valence-electron chi connectivity index (χ0n) is 18.9. The van der Waals surface area contributed by atoms with E-state index in [0.29, 0.717) is 5.56 Å². The van der Waals surface area contributed by atoms with Crippen LogP contribution >= 0.6 is 0 Å². The number of rotatable bonds is 3. The van der Waals surface area contributed by atoms with Gasteiger partial charge in [-0.15, -0.1) is 0 Å². The molecule has 0 N–H and O–H groups in total. The molecule has 6 aromatic rings. The fourth-order valence-electron chi connectivity index (χ4n) is 4.86. The molecule has 1 aromatic heterocycles. The van der Waals surface area contributed by atoms with Gasteiger partial charge in [-0.25, -0.2) is 0 Å². The van der Waals surface area contributed by atoms with Crippen molar-refractivity contribution >= 4 is 21.8 Å². The minimum absolute atomic E-state index is 0.663. The van der Waals surface area contributed by atoms with E-state index in [0.717, 1.165) is 16.7 Å². The summed E-state index contributed by atoms with van der Waals surface area (Å²) in [5.41, 5.74) is 9.78. The van der Waals surface area contributed by atoms with Crippen molar-refractivity contribution in [1.29, 1.82) is 5.26 Å². The van der Waals surface area contributed by atoms with Crippen molar-refractivity contribution < 1.29 is 0 Å². The van der Waals surface area contributed by atoms with Crippen LogP contribution in [0.25, 0.3) is 49.7 Å². The standard InChI is InChI=1S/C32H22N2/c1-22-8-7-12-24(18-22)26-15-17-32-29(20-26)28-19-25(23-9-3-2-4-10-23)14-16-31(28)34(32)30-13-6-5-11-27(30)21-33/h2-20H,1H3. The van der Waals surface area contributed by atoms with Crippen LogP contribution < -0.4 is 0 Å². The third-order valence-electron chi connectivity index (χ3n) is 6.49. The molecule has 0 spiro atoms. The van der Waals surface area contributed by atoms with Gasteiger partial charge in [-0.1, -0.05) is 84.4 Å². The predicted molar refractivity (Wildman–Crippen MR) is 141 cm³/mol. The molecular formula is C32H22N2. The zero-order chi connectivity index (χ0) is 23.1. The van der Waals surface area contributed by atoms with Crippen molar-refractivity contribution in [3.05, 3.63) is 126 Å². The summed E-state index contributed by atoms with van der Waals surface area (Å²) in [6.07, 6.45) is 0. The van der Waals surface area contributed by atoms with Crippen molar-refractivity contribution in [2.45, 2.75) is 6.92 Å². The highest BCUT2D eigenvalue weighted by Crippen LogP contribution is 2.37. The van der Waals surface area contributed by atoms with Crippen LogP contribution in [0.4, 0.5) is 0 Å². The van der Waals surface area contributed by atoms with Crippen LogP contribution in [0.1, 0.15) is 11.1 Å². The predicted octanol–water partition coefficient (Wildman–Crippen LogP) is 8.30. The molecule has 6 rings (SSSR count). The maximum Gasteiger partial charge on any atom is 0.101 e. The second-order valence-corrected chi connectivity index (χ2v) is 8.66. The molecule has 0 amide bonds. The van der Waals surface area contributed by atoms with Crippen LogP contribution in [-0.2, 0) is 0 Å². The number of aromatic nitrogens is 1. The third kappa shape index (κ3) is 3.27. The number of fused-ring (bicyclic) bond motifs is 3. The monoisotopic (exact) mass is 434 g/mol. The Morgan fingerprint density at radius 3 is 1.82 bits per heavy atom. The van der Waals surface area contributed by atoms with Crippen LogP contribution in [0, 0.1) is 18.3 Å². The first-order chi connectivity index (χ1) is 16.7. The highest BCUT2D eigenvalue weighted by atomic mass is 15.0. The van der Waals surface area contributed by atoms with Gasteiger partial charge in [-0.05, 0) is 65.6 Å². The minimum Gasteiger partial charge on any atom is -0.308 e. The summed E-state index contributed by atoms with van der Waals surface area (Å²) < 4.78 is 2.22. The second-order valence-electron chi connectivity index (χ2n) is 8.66. The SMILES string of the molecule is Cc1cccc(-c2ccc3c(c2)c2cc(-c4ccccc4)ccc2n3-c2ccccc2C#N)c1. The normalized spacial score (nSPS) is 11.1. The van der Waals surface area contributed by atoms with Gasteiger partial charge in [0.15, 0.2) is 0 Å². The van der Waals surface area contributed by atoms with Crippen LogP contribution in [0.3, 0.4) is 0 Å². The Morgan fingerprint density at radius 1 is 0.559 bits per heavy atom. The van der Waals surface area contributed by atoms with Gasteiger partial charge in [-0.3, -0.25) is 0 Å². The number of nitriles is 1. The van der Waals surface area contributed by atoms with Crippen molar-refractivity contribution in [3.63, 3.8) is 0 Å². The van der Waals surface area contributed by atoms with Crippen molar-refractivity contribution in [3.8, 4) is 34.0 Å². The number of benzene rings is 5.